The van der Waals surface area contributed by atoms with Gasteiger partial charge in [-0.2, -0.15) is 0 Å². The summed E-state index contributed by atoms with van der Waals surface area (Å²) in [5.41, 5.74) is 0. The Bertz CT molecular complexity index is 599. The fourth-order valence-electron chi connectivity index (χ4n) is 1.50. The third kappa shape index (κ3) is 3.31. The van der Waals surface area contributed by atoms with Crippen molar-refractivity contribution in [3.63, 3.8) is 0 Å². The van der Waals surface area contributed by atoms with Crippen LogP contribution in [0.15, 0.2) is 48.5 Å². The van der Waals surface area contributed by atoms with Crippen molar-refractivity contribution in [3.05, 3.63) is 58.6 Å². The van der Waals surface area contributed by atoms with Crippen LogP contribution in [0.1, 0.15) is 0 Å². The van der Waals surface area contributed by atoms with Crippen LogP contribution in [0.25, 0.3) is 0 Å². The van der Waals surface area contributed by atoms with Crippen LogP contribution in [-0.4, -0.2) is 7.11 Å². The van der Waals surface area contributed by atoms with E-state index in [9.17, 15) is 0 Å². The van der Waals surface area contributed by atoms with Crippen LogP contribution in [0, 0.1) is 0 Å². The molecule has 2 nitrogen and oxygen atoms in total. The Kier molecular flexibility index (Phi) is 4.88. The fraction of sp³-hybridized carbons (Fsp3) is 0.0769. The van der Waals surface area contributed by atoms with E-state index in [1.54, 1.807) is 18.2 Å². The van der Waals surface area contributed by atoms with Crippen molar-refractivity contribution < 1.29 is 9.05 Å². The van der Waals surface area contributed by atoms with Crippen LogP contribution in [0.2, 0.25) is 10.0 Å². The van der Waals surface area contributed by atoms with Gasteiger partial charge in [-0.25, -0.2) is 0 Å². The van der Waals surface area contributed by atoms with E-state index < -0.39 is 6.49 Å². The maximum Gasteiger partial charge on any atom is 0.268 e. The standard InChI is InChI=1S/C13H11Cl2O2PS/c1-16-18(19,10-6-3-2-4-7-10)17-13-11(14)8-5-9-12(13)15/h2-9H,1H3. The molecule has 1 atom stereocenters. The molecule has 100 valence electrons. The maximum atomic E-state index is 6.09. The molecule has 2 aromatic carbocycles. The lowest BCUT2D eigenvalue weighted by molar-refractivity contribution is 0.402. The van der Waals surface area contributed by atoms with E-state index in [-0.39, 0.29) is 0 Å². The van der Waals surface area contributed by atoms with E-state index in [0.717, 1.165) is 5.30 Å². The maximum absolute atomic E-state index is 6.09. The third-order valence-electron chi connectivity index (χ3n) is 2.44. The molecule has 2 rings (SSSR count). The summed E-state index contributed by atoms with van der Waals surface area (Å²) in [7, 11) is 1.53. The molecule has 0 aliphatic carbocycles. The molecule has 0 heterocycles. The van der Waals surface area contributed by atoms with Crippen LogP contribution in [0.5, 0.6) is 5.75 Å². The van der Waals surface area contributed by atoms with Crippen LogP contribution >= 0.6 is 29.7 Å². The van der Waals surface area contributed by atoms with E-state index in [1.807, 2.05) is 30.3 Å². The van der Waals surface area contributed by atoms with Gasteiger partial charge in [0.05, 0.1) is 10.0 Å². The van der Waals surface area contributed by atoms with Crippen molar-refractivity contribution in [1.82, 2.24) is 0 Å². The summed E-state index contributed by atoms with van der Waals surface area (Å²) in [5.74, 6) is 0.361. The lowest BCUT2D eigenvalue weighted by Crippen LogP contribution is -2.10. The van der Waals surface area contributed by atoms with Gasteiger partial charge >= 0.3 is 0 Å². The van der Waals surface area contributed by atoms with E-state index >= 15 is 0 Å². The molecule has 0 aliphatic rings. The quantitative estimate of drug-likeness (QED) is 0.759. The molecule has 6 heteroatoms. The van der Waals surface area contributed by atoms with Crippen LogP contribution in [0.3, 0.4) is 0 Å². The summed E-state index contributed by atoms with van der Waals surface area (Å²) in [6.07, 6.45) is 0. The molecule has 0 saturated heterocycles. The first-order chi connectivity index (χ1) is 9.07. The predicted molar refractivity (Wildman–Crippen MR) is 84.5 cm³/mol. The first kappa shape index (κ1) is 14.8. The summed E-state index contributed by atoms with van der Waals surface area (Å²) >= 11 is 17.7. The van der Waals surface area contributed by atoms with E-state index in [2.05, 4.69) is 0 Å². The average Bonchev–Trinajstić information content (AvgIpc) is 2.44. The first-order valence-electron chi connectivity index (χ1n) is 5.42. The van der Waals surface area contributed by atoms with Crippen molar-refractivity contribution in [3.8, 4) is 5.75 Å². The van der Waals surface area contributed by atoms with Crippen molar-refractivity contribution in [2.45, 2.75) is 0 Å². The van der Waals surface area contributed by atoms with Gasteiger partial charge in [0, 0.05) is 12.4 Å². The molecule has 19 heavy (non-hydrogen) atoms. The zero-order chi connectivity index (χ0) is 13.9. The minimum Gasteiger partial charge on any atom is -0.437 e. The van der Waals surface area contributed by atoms with Gasteiger partial charge in [0.15, 0.2) is 5.75 Å². The molecule has 0 N–H and O–H groups in total. The Morgan fingerprint density at radius 2 is 1.53 bits per heavy atom. The molecule has 0 aliphatic heterocycles. The Balaban J connectivity index is 2.42. The molecule has 0 fully saturated rings. The van der Waals surface area contributed by atoms with E-state index in [0.29, 0.717) is 15.8 Å². The number of rotatable bonds is 4. The SMILES string of the molecule is COP(=S)(Oc1c(Cl)cccc1Cl)c1ccccc1. The molecule has 0 aromatic heterocycles. The van der Waals surface area contributed by atoms with Gasteiger partial charge in [0.1, 0.15) is 0 Å². The zero-order valence-electron chi connectivity index (χ0n) is 10.0. The number of hydrogen-bond acceptors (Lipinski definition) is 3. The highest BCUT2D eigenvalue weighted by Gasteiger charge is 2.24. The van der Waals surface area contributed by atoms with Crippen LogP contribution in [0.4, 0.5) is 0 Å². The monoisotopic (exact) mass is 332 g/mol. The number of halogens is 2. The molecule has 0 spiro atoms. The van der Waals surface area contributed by atoms with E-state index in [1.165, 1.54) is 7.11 Å². The van der Waals surface area contributed by atoms with Crippen molar-refractivity contribution in [1.29, 1.82) is 0 Å². The summed E-state index contributed by atoms with van der Waals surface area (Å²) in [6, 6.07) is 14.5. The minimum atomic E-state index is -2.66. The van der Waals surface area contributed by atoms with Gasteiger partial charge in [0.2, 0.25) is 0 Å². The summed E-state index contributed by atoms with van der Waals surface area (Å²) < 4.78 is 11.3. The second-order valence-corrected chi connectivity index (χ2v) is 7.97. The molecule has 2 aromatic rings. The second kappa shape index (κ2) is 6.25. The second-order valence-electron chi connectivity index (χ2n) is 3.66. The molecule has 0 saturated carbocycles. The molecular formula is C13H11Cl2O2PS. The smallest absolute Gasteiger partial charge is 0.268 e. The van der Waals surface area contributed by atoms with Crippen molar-refractivity contribution in [2.24, 2.45) is 0 Å². The fourth-order valence-corrected chi connectivity index (χ4v) is 4.03. The molecule has 0 amide bonds. The van der Waals surface area contributed by atoms with Crippen LogP contribution in [-0.2, 0) is 16.3 Å². The first-order valence-corrected chi connectivity index (χ1v) is 8.81. The third-order valence-corrected chi connectivity index (χ3v) is 6.18. The van der Waals surface area contributed by atoms with Gasteiger partial charge < -0.3 is 9.05 Å². The van der Waals surface area contributed by atoms with Crippen molar-refractivity contribution in [2.75, 3.05) is 7.11 Å². The lowest BCUT2D eigenvalue weighted by Gasteiger charge is -2.22. The highest BCUT2D eigenvalue weighted by atomic mass is 35.5. The Hall–Kier alpha value is -0.570. The average molecular weight is 333 g/mol. The molecular weight excluding hydrogens is 322 g/mol. The Labute approximate surface area is 127 Å². The van der Waals surface area contributed by atoms with Crippen molar-refractivity contribution >= 4 is 46.8 Å². The Morgan fingerprint density at radius 1 is 0.947 bits per heavy atom. The number of hydrogen-bond donors (Lipinski definition) is 0. The van der Waals surface area contributed by atoms with E-state index in [4.69, 9.17) is 44.1 Å². The normalized spacial score (nSPS) is 13.8. The minimum absolute atomic E-state index is 0.361. The summed E-state index contributed by atoms with van der Waals surface area (Å²) in [5, 5.41) is 1.63. The lowest BCUT2D eigenvalue weighted by atomic mass is 10.3. The largest absolute Gasteiger partial charge is 0.437 e. The zero-order valence-corrected chi connectivity index (χ0v) is 13.3. The highest BCUT2D eigenvalue weighted by Crippen LogP contribution is 2.50. The predicted octanol–water partition coefficient (Wildman–Crippen LogP) is 4.65. The highest BCUT2D eigenvalue weighted by molar-refractivity contribution is 8.13. The molecule has 1 unspecified atom stereocenters. The van der Waals surface area contributed by atoms with Gasteiger partial charge in [0.25, 0.3) is 6.49 Å². The van der Waals surface area contributed by atoms with Crippen LogP contribution < -0.4 is 9.83 Å². The number of benzene rings is 2. The van der Waals surface area contributed by atoms with Gasteiger partial charge in [-0.15, -0.1) is 0 Å². The van der Waals surface area contributed by atoms with Gasteiger partial charge in [-0.1, -0.05) is 47.5 Å². The summed E-state index contributed by atoms with van der Waals surface area (Å²) in [6.45, 7) is -2.66. The molecule has 0 bridgehead atoms. The Morgan fingerprint density at radius 3 is 2.05 bits per heavy atom. The topological polar surface area (TPSA) is 18.5 Å². The molecule has 0 radical (unpaired) electrons. The number of para-hydroxylation sites is 1. The summed E-state index contributed by atoms with van der Waals surface area (Å²) in [4.78, 5) is 0. The van der Waals surface area contributed by atoms with Gasteiger partial charge in [-0.3, -0.25) is 0 Å². The van der Waals surface area contributed by atoms with Gasteiger partial charge in [-0.05, 0) is 36.1 Å².